The third-order valence-electron chi connectivity index (χ3n) is 4.32. The maximum Gasteiger partial charge on any atom is 0.268 e. The Morgan fingerprint density at radius 1 is 1.30 bits per heavy atom. The van der Waals surface area contributed by atoms with Gasteiger partial charge in [0.15, 0.2) is 0 Å². The molecule has 0 unspecified atom stereocenters. The van der Waals surface area contributed by atoms with Gasteiger partial charge in [-0.1, -0.05) is 25.3 Å². The molecule has 5 heteroatoms. The fourth-order valence-corrected chi connectivity index (χ4v) is 3.32. The molecule has 1 aliphatic carbocycles. The van der Waals surface area contributed by atoms with Crippen LogP contribution in [-0.4, -0.2) is 29.1 Å². The molecule has 0 radical (unpaired) electrons. The average Bonchev–Trinajstić information content (AvgIpc) is 2.82. The molecule has 2 N–H and O–H groups in total. The van der Waals surface area contributed by atoms with Crippen LogP contribution in [0.5, 0.6) is 0 Å². The van der Waals surface area contributed by atoms with E-state index in [2.05, 4.69) is 10.3 Å². The van der Waals surface area contributed by atoms with Crippen LogP contribution in [0, 0.1) is 0 Å². The maximum absolute atomic E-state index is 12.1. The number of hydrogen-bond donors (Lipinski definition) is 2. The molecule has 1 atom stereocenters. The molecule has 1 amide bonds. The summed E-state index contributed by atoms with van der Waals surface area (Å²) >= 11 is 0. The van der Waals surface area contributed by atoms with Gasteiger partial charge in [-0.05, 0) is 25.3 Å². The zero-order chi connectivity index (χ0) is 14.0. The van der Waals surface area contributed by atoms with Gasteiger partial charge in [0.05, 0.1) is 18.2 Å². The zero-order valence-electron chi connectivity index (χ0n) is 11.5. The standard InChI is InChI=1S/C15H20N2O3/c18-13-6-4-5-12(17-13)14(19)16-11-9-15(20-10-11)7-2-1-3-8-15/h4-6,11H,1-3,7-10H2,(H,16,19)(H,17,18)/t11-/m0/s1. The van der Waals surface area contributed by atoms with E-state index in [1.165, 1.54) is 25.3 Å². The van der Waals surface area contributed by atoms with E-state index in [1.807, 2.05) is 0 Å². The number of amides is 1. The molecule has 1 aromatic rings. The van der Waals surface area contributed by atoms with Crippen LogP contribution < -0.4 is 10.9 Å². The summed E-state index contributed by atoms with van der Waals surface area (Å²) in [6, 6.07) is 4.64. The molecule has 1 aliphatic heterocycles. The quantitative estimate of drug-likeness (QED) is 0.862. The summed E-state index contributed by atoms with van der Waals surface area (Å²) in [5.41, 5.74) is 0.0338. The molecule has 3 rings (SSSR count). The van der Waals surface area contributed by atoms with Crippen molar-refractivity contribution in [3.05, 3.63) is 34.2 Å². The first-order valence-corrected chi connectivity index (χ1v) is 7.31. The van der Waals surface area contributed by atoms with Crippen LogP contribution in [0.25, 0.3) is 0 Å². The van der Waals surface area contributed by atoms with E-state index < -0.39 is 0 Å². The lowest BCUT2D eigenvalue weighted by Crippen LogP contribution is -2.38. The first-order chi connectivity index (χ1) is 9.67. The smallest absolute Gasteiger partial charge is 0.268 e. The number of H-pyrrole nitrogens is 1. The van der Waals surface area contributed by atoms with Crippen LogP contribution in [-0.2, 0) is 4.74 Å². The number of rotatable bonds is 2. The Balaban J connectivity index is 1.61. The number of carbonyl (C=O) groups excluding carboxylic acids is 1. The van der Waals surface area contributed by atoms with E-state index in [-0.39, 0.29) is 23.1 Å². The number of ether oxygens (including phenoxy) is 1. The predicted molar refractivity (Wildman–Crippen MR) is 74.7 cm³/mol. The van der Waals surface area contributed by atoms with Gasteiger partial charge in [0.25, 0.3) is 5.91 Å². The van der Waals surface area contributed by atoms with E-state index in [0.717, 1.165) is 19.3 Å². The van der Waals surface area contributed by atoms with Crippen LogP contribution in [0.2, 0.25) is 0 Å². The van der Waals surface area contributed by atoms with Crippen molar-refractivity contribution in [2.75, 3.05) is 6.61 Å². The molecule has 1 spiro atoms. The normalized spacial score (nSPS) is 24.7. The van der Waals surface area contributed by atoms with Crippen molar-refractivity contribution in [3.63, 3.8) is 0 Å². The SMILES string of the molecule is O=C(N[C@@H]1COC2(CCCCC2)C1)c1cccc(=O)[nH]1. The molecule has 2 aliphatic rings. The Morgan fingerprint density at radius 3 is 2.85 bits per heavy atom. The fourth-order valence-electron chi connectivity index (χ4n) is 3.32. The van der Waals surface area contributed by atoms with Gasteiger partial charge in [0.2, 0.25) is 5.56 Å². The van der Waals surface area contributed by atoms with Gasteiger partial charge in [-0.2, -0.15) is 0 Å². The molecule has 0 bridgehead atoms. The molecule has 20 heavy (non-hydrogen) atoms. The van der Waals surface area contributed by atoms with Gasteiger partial charge in [-0.25, -0.2) is 0 Å². The second-order valence-electron chi connectivity index (χ2n) is 5.86. The number of nitrogens with one attached hydrogen (secondary N) is 2. The molecular weight excluding hydrogens is 256 g/mol. The number of aromatic amines is 1. The molecule has 5 nitrogen and oxygen atoms in total. The third-order valence-corrected chi connectivity index (χ3v) is 4.32. The highest BCUT2D eigenvalue weighted by Gasteiger charge is 2.41. The number of aromatic nitrogens is 1. The third kappa shape index (κ3) is 2.77. The van der Waals surface area contributed by atoms with Gasteiger partial charge in [-0.3, -0.25) is 9.59 Å². The second-order valence-corrected chi connectivity index (χ2v) is 5.86. The minimum Gasteiger partial charge on any atom is -0.373 e. The Bertz CT molecular complexity index is 546. The number of carbonyl (C=O) groups is 1. The van der Waals surface area contributed by atoms with Crippen molar-refractivity contribution in [2.24, 2.45) is 0 Å². The topological polar surface area (TPSA) is 71.2 Å². The van der Waals surface area contributed by atoms with E-state index >= 15 is 0 Å². The maximum atomic E-state index is 12.1. The minimum atomic E-state index is -0.260. The van der Waals surface area contributed by atoms with E-state index in [1.54, 1.807) is 12.1 Å². The molecule has 1 saturated heterocycles. The lowest BCUT2D eigenvalue weighted by molar-refractivity contribution is -0.0246. The van der Waals surface area contributed by atoms with Crippen molar-refractivity contribution in [1.82, 2.24) is 10.3 Å². The summed E-state index contributed by atoms with van der Waals surface area (Å²) in [5, 5.41) is 2.96. The second kappa shape index (κ2) is 5.40. The number of pyridine rings is 1. The summed E-state index contributed by atoms with van der Waals surface area (Å²) in [5.74, 6) is -0.232. The zero-order valence-corrected chi connectivity index (χ0v) is 11.5. The van der Waals surface area contributed by atoms with Crippen LogP contribution >= 0.6 is 0 Å². The summed E-state index contributed by atoms with van der Waals surface area (Å²) in [6.07, 6.45) is 6.80. The highest BCUT2D eigenvalue weighted by molar-refractivity contribution is 5.92. The van der Waals surface area contributed by atoms with Crippen molar-refractivity contribution in [1.29, 1.82) is 0 Å². The fraction of sp³-hybridized carbons (Fsp3) is 0.600. The first kappa shape index (κ1) is 13.4. The van der Waals surface area contributed by atoms with Gasteiger partial charge in [0, 0.05) is 6.07 Å². The summed E-state index contributed by atoms with van der Waals surface area (Å²) in [6.45, 7) is 0.572. The molecule has 1 saturated carbocycles. The highest BCUT2D eigenvalue weighted by atomic mass is 16.5. The largest absolute Gasteiger partial charge is 0.373 e. The average molecular weight is 276 g/mol. The molecule has 108 valence electrons. The molecular formula is C15H20N2O3. The lowest BCUT2D eigenvalue weighted by Gasteiger charge is -2.32. The minimum absolute atomic E-state index is 0.0136. The van der Waals surface area contributed by atoms with Crippen molar-refractivity contribution < 1.29 is 9.53 Å². The van der Waals surface area contributed by atoms with E-state index in [0.29, 0.717) is 12.3 Å². The Hall–Kier alpha value is -1.62. The predicted octanol–water partition coefficient (Wildman–Crippen LogP) is 1.60. The van der Waals surface area contributed by atoms with Gasteiger partial charge in [-0.15, -0.1) is 0 Å². The Kier molecular flexibility index (Phi) is 3.61. The van der Waals surface area contributed by atoms with Crippen LogP contribution in [0.3, 0.4) is 0 Å². The van der Waals surface area contributed by atoms with Gasteiger partial charge < -0.3 is 15.0 Å². The van der Waals surface area contributed by atoms with Crippen molar-refractivity contribution in [2.45, 2.75) is 50.2 Å². The first-order valence-electron chi connectivity index (χ1n) is 7.31. The van der Waals surface area contributed by atoms with E-state index in [4.69, 9.17) is 4.74 Å². The molecule has 0 aromatic carbocycles. The number of hydrogen-bond acceptors (Lipinski definition) is 3. The monoisotopic (exact) mass is 276 g/mol. The summed E-state index contributed by atoms with van der Waals surface area (Å²) < 4.78 is 5.97. The van der Waals surface area contributed by atoms with Gasteiger partial charge in [0.1, 0.15) is 5.69 Å². The summed E-state index contributed by atoms with van der Waals surface area (Å²) in [4.78, 5) is 25.8. The molecule has 1 aromatic heterocycles. The Morgan fingerprint density at radius 2 is 2.10 bits per heavy atom. The van der Waals surface area contributed by atoms with Crippen molar-refractivity contribution >= 4 is 5.91 Å². The highest BCUT2D eigenvalue weighted by Crippen LogP contribution is 2.39. The van der Waals surface area contributed by atoms with Crippen LogP contribution in [0.15, 0.2) is 23.0 Å². The van der Waals surface area contributed by atoms with E-state index in [9.17, 15) is 9.59 Å². The van der Waals surface area contributed by atoms with Crippen molar-refractivity contribution in [3.8, 4) is 0 Å². The summed E-state index contributed by atoms with van der Waals surface area (Å²) in [7, 11) is 0. The lowest BCUT2D eigenvalue weighted by atomic mass is 9.82. The molecule has 2 fully saturated rings. The molecule has 2 heterocycles. The van der Waals surface area contributed by atoms with Crippen LogP contribution in [0.4, 0.5) is 0 Å². The van der Waals surface area contributed by atoms with Crippen LogP contribution in [0.1, 0.15) is 49.0 Å². The Labute approximate surface area is 117 Å². The van der Waals surface area contributed by atoms with Gasteiger partial charge >= 0.3 is 0 Å².